The Morgan fingerprint density at radius 2 is 2.05 bits per heavy atom. The van der Waals surface area contributed by atoms with Gasteiger partial charge < -0.3 is 15.5 Å². The number of anilines is 1. The highest BCUT2D eigenvalue weighted by Crippen LogP contribution is 2.19. The first-order valence-electron chi connectivity index (χ1n) is 7.48. The van der Waals surface area contributed by atoms with Crippen LogP contribution in [-0.2, 0) is 0 Å². The summed E-state index contributed by atoms with van der Waals surface area (Å²) in [5.74, 6) is -0.638. The number of benzene rings is 1. The van der Waals surface area contributed by atoms with Crippen LogP contribution in [-0.4, -0.2) is 43.5 Å². The van der Waals surface area contributed by atoms with Crippen molar-refractivity contribution >= 4 is 11.6 Å². The van der Waals surface area contributed by atoms with E-state index in [0.29, 0.717) is 24.7 Å². The van der Waals surface area contributed by atoms with E-state index in [0.717, 1.165) is 13.0 Å². The standard InChI is InChI=1S/C16H26FN3O/c1-5-9-18-15-13(7-6-8-14(15)17)16(21)19-10-11-20(4)12(2)3/h6-8,12,18H,5,9-11H2,1-4H3,(H,19,21). The van der Waals surface area contributed by atoms with Crippen molar-refractivity contribution in [1.82, 2.24) is 10.2 Å². The topological polar surface area (TPSA) is 44.4 Å². The zero-order valence-electron chi connectivity index (χ0n) is 13.4. The summed E-state index contributed by atoms with van der Waals surface area (Å²) >= 11 is 0. The van der Waals surface area contributed by atoms with E-state index in [4.69, 9.17) is 0 Å². The molecule has 118 valence electrons. The molecule has 1 aromatic carbocycles. The second-order valence-electron chi connectivity index (χ2n) is 5.42. The number of hydrogen-bond acceptors (Lipinski definition) is 3. The molecule has 0 fully saturated rings. The summed E-state index contributed by atoms with van der Waals surface area (Å²) in [5.41, 5.74) is 0.643. The van der Waals surface area contributed by atoms with E-state index in [9.17, 15) is 9.18 Å². The Balaban J connectivity index is 2.67. The number of halogens is 1. The molecule has 0 atom stereocenters. The zero-order valence-corrected chi connectivity index (χ0v) is 13.4. The molecule has 0 spiro atoms. The minimum absolute atomic E-state index is 0.245. The van der Waals surface area contributed by atoms with Gasteiger partial charge in [0.2, 0.25) is 0 Å². The van der Waals surface area contributed by atoms with Gasteiger partial charge in [0.15, 0.2) is 0 Å². The molecule has 0 aliphatic heterocycles. The Bertz CT molecular complexity index is 463. The number of nitrogens with zero attached hydrogens (tertiary/aromatic N) is 1. The van der Waals surface area contributed by atoms with Crippen molar-refractivity contribution in [2.75, 3.05) is 32.0 Å². The highest BCUT2D eigenvalue weighted by Gasteiger charge is 2.14. The molecule has 0 saturated carbocycles. The van der Waals surface area contributed by atoms with E-state index in [-0.39, 0.29) is 11.6 Å². The van der Waals surface area contributed by atoms with Gasteiger partial charge in [0.25, 0.3) is 5.91 Å². The summed E-state index contributed by atoms with van der Waals surface area (Å²) in [7, 11) is 2.01. The molecule has 0 radical (unpaired) electrons. The van der Waals surface area contributed by atoms with Gasteiger partial charge in [0.05, 0.1) is 11.3 Å². The van der Waals surface area contributed by atoms with Crippen LogP contribution in [0.2, 0.25) is 0 Å². The lowest BCUT2D eigenvalue weighted by Crippen LogP contribution is -2.36. The molecule has 0 heterocycles. The number of carbonyl (C=O) groups excluding carboxylic acids is 1. The van der Waals surface area contributed by atoms with Crippen molar-refractivity contribution in [2.45, 2.75) is 33.2 Å². The lowest BCUT2D eigenvalue weighted by atomic mass is 10.1. The van der Waals surface area contributed by atoms with Crippen LogP contribution in [0.1, 0.15) is 37.6 Å². The van der Waals surface area contributed by atoms with E-state index >= 15 is 0 Å². The summed E-state index contributed by atoms with van der Waals surface area (Å²) < 4.78 is 13.8. The highest BCUT2D eigenvalue weighted by atomic mass is 19.1. The van der Waals surface area contributed by atoms with Gasteiger partial charge in [-0.1, -0.05) is 13.0 Å². The van der Waals surface area contributed by atoms with Crippen LogP contribution >= 0.6 is 0 Å². The Hall–Kier alpha value is -1.62. The van der Waals surface area contributed by atoms with Crippen molar-refractivity contribution in [1.29, 1.82) is 0 Å². The summed E-state index contributed by atoms with van der Waals surface area (Å²) in [5, 5.41) is 5.82. The summed E-state index contributed by atoms with van der Waals surface area (Å²) in [6, 6.07) is 4.99. The average Bonchev–Trinajstić information content (AvgIpc) is 2.45. The van der Waals surface area contributed by atoms with Gasteiger partial charge in [0, 0.05) is 25.7 Å². The average molecular weight is 295 g/mol. The maximum absolute atomic E-state index is 13.8. The number of para-hydroxylation sites is 1. The molecule has 1 amide bonds. The monoisotopic (exact) mass is 295 g/mol. The molecule has 0 aromatic heterocycles. The molecule has 2 N–H and O–H groups in total. The summed E-state index contributed by atoms with van der Waals surface area (Å²) in [6.07, 6.45) is 0.870. The molecule has 21 heavy (non-hydrogen) atoms. The van der Waals surface area contributed by atoms with Crippen LogP contribution in [0, 0.1) is 5.82 Å². The fourth-order valence-corrected chi connectivity index (χ4v) is 1.84. The maximum Gasteiger partial charge on any atom is 0.253 e. The molecule has 1 aromatic rings. The van der Waals surface area contributed by atoms with Gasteiger partial charge in [0.1, 0.15) is 5.82 Å². The molecular formula is C16H26FN3O. The van der Waals surface area contributed by atoms with Crippen molar-refractivity contribution in [2.24, 2.45) is 0 Å². The van der Waals surface area contributed by atoms with E-state index in [1.807, 2.05) is 14.0 Å². The van der Waals surface area contributed by atoms with Gasteiger partial charge in [-0.25, -0.2) is 4.39 Å². The van der Waals surface area contributed by atoms with Crippen molar-refractivity contribution < 1.29 is 9.18 Å². The molecule has 4 nitrogen and oxygen atoms in total. The Morgan fingerprint density at radius 1 is 1.33 bits per heavy atom. The number of nitrogens with one attached hydrogen (secondary N) is 2. The molecule has 0 bridgehead atoms. The third kappa shape index (κ3) is 5.34. The van der Waals surface area contributed by atoms with Crippen LogP contribution in [0.3, 0.4) is 0 Å². The lowest BCUT2D eigenvalue weighted by molar-refractivity contribution is 0.0948. The van der Waals surface area contributed by atoms with Crippen LogP contribution < -0.4 is 10.6 Å². The van der Waals surface area contributed by atoms with Crippen LogP contribution in [0.15, 0.2) is 18.2 Å². The molecule has 0 aliphatic rings. The molecule has 1 rings (SSSR count). The molecule has 0 aliphatic carbocycles. The van der Waals surface area contributed by atoms with Gasteiger partial charge in [-0.3, -0.25) is 4.79 Å². The number of carbonyl (C=O) groups is 1. The third-order valence-electron chi connectivity index (χ3n) is 3.44. The number of amides is 1. The fraction of sp³-hybridized carbons (Fsp3) is 0.562. The minimum Gasteiger partial charge on any atom is -0.382 e. The third-order valence-corrected chi connectivity index (χ3v) is 3.44. The maximum atomic E-state index is 13.8. The normalized spacial score (nSPS) is 11.0. The molecule has 0 unspecified atom stereocenters. The Morgan fingerprint density at radius 3 is 2.67 bits per heavy atom. The lowest BCUT2D eigenvalue weighted by Gasteiger charge is -2.21. The number of hydrogen-bond donors (Lipinski definition) is 2. The van der Waals surface area contributed by atoms with Crippen molar-refractivity contribution in [3.8, 4) is 0 Å². The quantitative estimate of drug-likeness (QED) is 0.775. The second kappa shape index (κ2) is 8.62. The first kappa shape index (κ1) is 17.4. The largest absolute Gasteiger partial charge is 0.382 e. The van der Waals surface area contributed by atoms with E-state index in [1.165, 1.54) is 6.07 Å². The van der Waals surface area contributed by atoms with Crippen molar-refractivity contribution in [3.05, 3.63) is 29.6 Å². The number of rotatable bonds is 8. The summed E-state index contributed by atoms with van der Waals surface area (Å²) in [4.78, 5) is 14.3. The van der Waals surface area contributed by atoms with E-state index < -0.39 is 5.82 Å². The zero-order chi connectivity index (χ0) is 15.8. The Labute approximate surface area is 126 Å². The van der Waals surface area contributed by atoms with Gasteiger partial charge in [-0.15, -0.1) is 0 Å². The van der Waals surface area contributed by atoms with E-state index in [1.54, 1.807) is 12.1 Å². The first-order chi connectivity index (χ1) is 9.97. The Kier molecular flexibility index (Phi) is 7.15. The molecule has 5 heteroatoms. The van der Waals surface area contributed by atoms with Gasteiger partial charge in [-0.05, 0) is 39.4 Å². The fourth-order valence-electron chi connectivity index (χ4n) is 1.84. The van der Waals surface area contributed by atoms with Crippen molar-refractivity contribution in [3.63, 3.8) is 0 Å². The van der Waals surface area contributed by atoms with E-state index in [2.05, 4.69) is 29.4 Å². The predicted molar refractivity (Wildman–Crippen MR) is 85.3 cm³/mol. The molecule has 0 saturated heterocycles. The smallest absolute Gasteiger partial charge is 0.253 e. The molecular weight excluding hydrogens is 269 g/mol. The SMILES string of the molecule is CCCNc1c(F)cccc1C(=O)NCCN(C)C(C)C. The number of likely N-dealkylation sites (N-methyl/N-ethyl adjacent to an activating group) is 1. The van der Waals surface area contributed by atoms with Crippen LogP contribution in [0.25, 0.3) is 0 Å². The summed E-state index contributed by atoms with van der Waals surface area (Å²) in [6.45, 7) is 8.13. The predicted octanol–water partition coefficient (Wildman–Crippen LogP) is 2.72. The van der Waals surface area contributed by atoms with Crippen LogP contribution in [0.5, 0.6) is 0 Å². The first-order valence-corrected chi connectivity index (χ1v) is 7.48. The highest BCUT2D eigenvalue weighted by molar-refractivity contribution is 5.99. The van der Waals surface area contributed by atoms with Gasteiger partial charge in [-0.2, -0.15) is 0 Å². The minimum atomic E-state index is -0.393. The van der Waals surface area contributed by atoms with Crippen LogP contribution in [0.4, 0.5) is 10.1 Å². The van der Waals surface area contributed by atoms with Gasteiger partial charge >= 0.3 is 0 Å². The second-order valence-corrected chi connectivity index (χ2v) is 5.42.